The molecule has 0 spiro atoms. The first kappa shape index (κ1) is 15.4. The summed E-state index contributed by atoms with van der Waals surface area (Å²) in [4.78, 5) is 12.4. The number of hydrogen-bond donors (Lipinski definition) is 2. The van der Waals surface area contributed by atoms with Crippen LogP contribution in [0.4, 0.5) is 0 Å². The molecule has 0 radical (unpaired) electrons. The summed E-state index contributed by atoms with van der Waals surface area (Å²) < 4.78 is 3.01. The zero-order chi connectivity index (χ0) is 17.1. The number of aromatic amines is 1. The second-order valence-electron chi connectivity index (χ2n) is 6.48. The SMILES string of the molecule is Cc1nc2[nH]cc(Br)c2n2cnc(-c3ccc(C(C)(C)O)cc3)c12. The van der Waals surface area contributed by atoms with Gasteiger partial charge in [-0.15, -0.1) is 0 Å². The van der Waals surface area contributed by atoms with E-state index in [9.17, 15) is 5.11 Å². The van der Waals surface area contributed by atoms with Gasteiger partial charge in [0, 0.05) is 11.8 Å². The fraction of sp³-hybridized carbons (Fsp3) is 0.222. The van der Waals surface area contributed by atoms with E-state index in [0.717, 1.165) is 43.7 Å². The first-order valence-electron chi connectivity index (χ1n) is 7.70. The van der Waals surface area contributed by atoms with Crippen molar-refractivity contribution in [3.05, 3.63) is 52.5 Å². The van der Waals surface area contributed by atoms with Crippen LogP contribution in [0, 0.1) is 6.92 Å². The normalized spacial score (nSPS) is 12.4. The number of aromatic nitrogens is 4. The van der Waals surface area contributed by atoms with E-state index in [0.29, 0.717) is 0 Å². The minimum atomic E-state index is -0.853. The number of benzene rings is 1. The van der Waals surface area contributed by atoms with Gasteiger partial charge in [0.15, 0.2) is 5.65 Å². The summed E-state index contributed by atoms with van der Waals surface area (Å²) in [5.41, 5.74) is 5.61. The van der Waals surface area contributed by atoms with E-state index in [4.69, 9.17) is 0 Å². The van der Waals surface area contributed by atoms with E-state index in [-0.39, 0.29) is 0 Å². The zero-order valence-electron chi connectivity index (χ0n) is 13.6. The summed E-state index contributed by atoms with van der Waals surface area (Å²) in [6.07, 6.45) is 3.71. The Morgan fingerprint density at radius 3 is 2.54 bits per heavy atom. The number of halogens is 1. The van der Waals surface area contributed by atoms with E-state index < -0.39 is 5.60 Å². The van der Waals surface area contributed by atoms with Crippen molar-refractivity contribution in [3.63, 3.8) is 0 Å². The molecule has 0 atom stereocenters. The second kappa shape index (κ2) is 5.16. The molecule has 122 valence electrons. The number of nitrogens with zero attached hydrogens (tertiary/aromatic N) is 3. The molecule has 0 saturated carbocycles. The Balaban J connectivity index is 1.95. The van der Waals surface area contributed by atoms with Crippen molar-refractivity contribution < 1.29 is 5.11 Å². The van der Waals surface area contributed by atoms with Crippen molar-refractivity contribution in [1.29, 1.82) is 0 Å². The fourth-order valence-corrected chi connectivity index (χ4v) is 3.52. The Kier molecular flexibility index (Phi) is 3.30. The summed E-state index contributed by atoms with van der Waals surface area (Å²) in [5.74, 6) is 0. The summed E-state index contributed by atoms with van der Waals surface area (Å²) in [5, 5.41) is 10.1. The summed E-state index contributed by atoms with van der Waals surface area (Å²) in [7, 11) is 0. The van der Waals surface area contributed by atoms with Gasteiger partial charge >= 0.3 is 0 Å². The van der Waals surface area contributed by atoms with Crippen LogP contribution in [0.5, 0.6) is 0 Å². The van der Waals surface area contributed by atoms with Gasteiger partial charge in [-0.25, -0.2) is 9.97 Å². The Morgan fingerprint density at radius 2 is 1.88 bits per heavy atom. The molecule has 0 amide bonds. The quantitative estimate of drug-likeness (QED) is 0.544. The Bertz CT molecular complexity index is 1050. The third-order valence-electron chi connectivity index (χ3n) is 4.28. The van der Waals surface area contributed by atoms with Gasteiger partial charge in [-0.3, -0.25) is 4.40 Å². The predicted octanol–water partition coefficient (Wildman–Crippen LogP) is 4.18. The molecule has 0 saturated heterocycles. The molecule has 0 aliphatic carbocycles. The molecule has 0 unspecified atom stereocenters. The molecule has 3 aromatic heterocycles. The lowest BCUT2D eigenvalue weighted by atomic mass is 9.96. The van der Waals surface area contributed by atoms with Gasteiger partial charge in [-0.2, -0.15) is 0 Å². The average molecular weight is 385 g/mol. The molecule has 0 fully saturated rings. The lowest BCUT2D eigenvalue weighted by Gasteiger charge is -2.17. The standard InChI is InChI=1S/C18H17BrN4O/c1-10-15-14(11-4-6-12(7-5-11)18(2,3)24)21-9-23(15)16-13(19)8-20-17(16)22-10/h4-9,20,24H,1-3H3. The molecular weight excluding hydrogens is 368 g/mol. The maximum Gasteiger partial charge on any atom is 0.155 e. The molecular formula is C18H17BrN4O. The molecule has 0 aliphatic rings. The number of H-pyrrole nitrogens is 1. The number of nitrogens with one attached hydrogen (secondary N) is 1. The molecule has 0 bridgehead atoms. The van der Waals surface area contributed by atoms with Gasteiger partial charge in [-0.1, -0.05) is 24.3 Å². The van der Waals surface area contributed by atoms with Crippen LogP contribution < -0.4 is 0 Å². The smallest absolute Gasteiger partial charge is 0.155 e. The monoisotopic (exact) mass is 384 g/mol. The highest BCUT2D eigenvalue weighted by molar-refractivity contribution is 9.10. The van der Waals surface area contributed by atoms with Crippen LogP contribution in [0.3, 0.4) is 0 Å². The first-order valence-corrected chi connectivity index (χ1v) is 8.49. The predicted molar refractivity (Wildman–Crippen MR) is 98.0 cm³/mol. The van der Waals surface area contributed by atoms with Crippen LogP contribution in [0.15, 0.2) is 41.3 Å². The highest BCUT2D eigenvalue weighted by Gasteiger charge is 2.18. The van der Waals surface area contributed by atoms with E-state index in [1.165, 1.54) is 0 Å². The van der Waals surface area contributed by atoms with Crippen LogP contribution in [0.2, 0.25) is 0 Å². The highest BCUT2D eigenvalue weighted by Crippen LogP contribution is 2.31. The largest absolute Gasteiger partial charge is 0.386 e. The summed E-state index contributed by atoms with van der Waals surface area (Å²) in [6, 6.07) is 7.86. The molecule has 0 aliphatic heterocycles. The first-order chi connectivity index (χ1) is 11.4. The number of aryl methyl sites for hydroxylation is 1. The Hall–Kier alpha value is -2.18. The van der Waals surface area contributed by atoms with Crippen molar-refractivity contribution in [2.75, 3.05) is 0 Å². The third-order valence-corrected chi connectivity index (χ3v) is 4.89. The lowest BCUT2D eigenvalue weighted by molar-refractivity contribution is 0.0786. The molecule has 1 aromatic carbocycles. The third kappa shape index (κ3) is 2.25. The van der Waals surface area contributed by atoms with E-state index >= 15 is 0 Å². The van der Waals surface area contributed by atoms with Crippen molar-refractivity contribution in [1.82, 2.24) is 19.4 Å². The van der Waals surface area contributed by atoms with E-state index in [1.807, 2.05) is 43.7 Å². The van der Waals surface area contributed by atoms with Gasteiger partial charge in [-0.05, 0) is 42.3 Å². The lowest BCUT2D eigenvalue weighted by Crippen LogP contribution is -2.14. The van der Waals surface area contributed by atoms with Crippen molar-refractivity contribution in [3.8, 4) is 11.3 Å². The highest BCUT2D eigenvalue weighted by atomic mass is 79.9. The second-order valence-corrected chi connectivity index (χ2v) is 7.33. The molecule has 6 heteroatoms. The van der Waals surface area contributed by atoms with Crippen LogP contribution in [-0.2, 0) is 5.60 Å². The number of fused-ring (bicyclic) bond motifs is 3. The topological polar surface area (TPSA) is 66.2 Å². The Labute approximate surface area is 147 Å². The van der Waals surface area contributed by atoms with Crippen LogP contribution >= 0.6 is 15.9 Å². The van der Waals surface area contributed by atoms with E-state index in [2.05, 4.69) is 35.3 Å². The molecule has 4 aromatic rings. The van der Waals surface area contributed by atoms with Gasteiger partial charge in [0.05, 0.1) is 27.0 Å². The number of imidazole rings is 1. The average Bonchev–Trinajstić information content (AvgIpc) is 3.11. The fourth-order valence-electron chi connectivity index (χ4n) is 3.03. The minimum Gasteiger partial charge on any atom is -0.386 e. The molecule has 5 nitrogen and oxygen atoms in total. The zero-order valence-corrected chi connectivity index (χ0v) is 15.2. The summed E-state index contributed by atoms with van der Waals surface area (Å²) >= 11 is 3.56. The molecule has 3 heterocycles. The number of rotatable bonds is 2. The molecule has 24 heavy (non-hydrogen) atoms. The van der Waals surface area contributed by atoms with Gasteiger partial charge < -0.3 is 10.1 Å². The molecule has 4 rings (SSSR count). The van der Waals surface area contributed by atoms with Gasteiger partial charge in [0.2, 0.25) is 0 Å². The maximum absolute atomic E-state index is 10.1. The Morgan fingerprint density at radius 1 is 1.17 bits per heavy atom. The maximum atomic E-state index is 10.1. The van der Waals surface area contributed by atoms with E-state index in [1.54, 1.807) is 13.8 Å². The summed E-state index contributed by atoms with van der Waals surface area (Å²) in [6.45, 7) is 5.55. The number of aliphatic hydroxyl groups is 1. The number of hydrogen-bond acceptors (Lipinski definition) is 3. The van der Waals surface area contributed by atoms with Gasteiger partial charge in [0.25, 0.3) is 0 Å². The minimum absolute atomic E-state index is 0.827. The van der Waals surface area contributed by atoms with Crippen LogP contribution in [-0.4, -0.2) is 24.5 Å². The van der Waals surface area contributed by atoms with Crippen molar-refractivity contribution >= 4 is 32.6 Å². The van der Waals surface area contributed by atoms with Crippen molar-refractivity contribution in [2.45, 2.75) is 26.4 Å². The van der Waals surface area contributed by atoms with Crippen molar-refractivity contribution in [2.24, 2.45) is 0 Å². The van der Waals surface area contributed by atoms with Gasteiger partial charge in [0.1, 0.15) is 11.8 Å². The van der Waals surface area contributed by atoms with Crippen LogP contribution in [0.25, 0.3) is 27.9 Å². The molecule has 2 N–H and O–H groups in total. The van der Waals surface area contributed by atoms with Crippen LogP contribution in [0.1, 0.15) is 25.1 Å².